The van der Waals surface area contributed by atoms with Crippen LogP contribution in [0.15, 0.2) is 0 Å². The predicted octanol–water partition coefficient (Wildman–Crippen LogP) is 10.2. The van der Waals surface area contributed by atoms with Crippen LogP contribution in [0.5, 0.6) is 0 Å². The number of hydrogen-bond acceptors (Lipinski definition) is 0. The first kappa shape index (κ1) is 25.8. The monoisotopic (exact) mass is 528 g/mol. The summed E-state index contributed by atoms with van der Waals surface area (Å²) >= 11 is 0. The summed E-state index contributed by atoms with van der Waals surface area (Å²) in [6.07, 6.45) is 23.1. The van der Waals surface area contributed by atoms with Gasteiger partial charge in [0.2, 0.25) is 0 Å². The summed E-state index contributed by atoms with van der Waals surface area (Å²) in [6.45, 7) is 15.4. The third kappa shape index (κ3) is 4.54. The average molecular weight is 529 g/mol. The van der Waals surface area contributed by atoms with E-state index in [4.69, 9.17) is 0 Å². The maximum absolute atomic E-state index is 2.56. The normalized spacial score (nSPS) is 50.1. The molecule has 0 aliphatic heterocycles. The highest BCUT2D eigenvalue weighted by atomic mass is 31.1. The molecule has 0 saturated heterocycles. The van der Waals surface area contributed by atoms with Crippen LogP contribution in [0.25, 0.3) is 0 Å². The smallest absolute Gasteiger partial charge is 0.0149 e. The molecule has 8 bridgehead atoms. The van der Waals surface area contributed by atoms with Crippen molar-refractivity contribution in [3.05, 3.63) is 0 Å². The first-order valence-electron chi connectivity index (χ1n) is 16.6. The zero-order valence-electron chi connectivity index (χ0n) is 24.7. The maximum atomic E-state index is 2.56. The second-order valence-corrected chi connectivity index (χ2v) is 24.1. The fraction of sp³-hybridized carbons (Fsp3) is 1.00. The predicted molar refractivity (Wildman–Crippen MR) is 161 cm³/mol. The molecule has 2 heteroatoms. The van der Waals surface area contributed by atoms with Crippen molar-refractivity contribution in [1.29, 1.82) is 0 Å². The van der Waals surface area contributed by atoms with Gasteiger partial charge in [0.1, 0.15) is 0 Å². The van der Waals surface area contributed by atoms with Crippen LogP contribution in [0.4, 0.5) is 0 Å². The van der Waals surface area contributed by atoms with Crippen molar-refractivity contribution in [3.63, 3.8) is 0 Å². The number of rotatable bonds is 6. The summed E-state index contributed by atoms with van der Waals surface area (Å²) < 4.78 is 0. The van der Waals surface area contributed by atoms with Crippen LogP contribution in [0, 0.1) is 59.2 Å². The molecular formula is C34H58P2. The summed E-state index contributed by atoms with van der Waals surface area (Å²) in [6, 6.07) is 0. The Morgan fingerprint density at radius 1 is 0.472 bits per heavy atom. The van der Waals surface area contributed by atoms with E-state index < -0.39 is 0 Å². The third-order valence-corrected chi connectivity index (χ3v) is 21.4. The van der Waals surface area contributed by atoms with Crippen molar-refractivity contribution in [2.24, 2.45) is 59.2 Å². The highest BCUT2D eigenvalue weighted by Crippen LogP contribution is 2.72. The molecule has 36 heavy (non-hydrogen) atoms. The minimum atomic E-state index is 0.0704. The fourth-order valence-electron chi connectivity index (χ4n) is 12.5. The standard InChI is InChI=1S/C34H58P2/c1-33(2,3)36(34(4,5)6)20-26-8-7-25(26)19-35(31-27-11-21-9-22(13-27)14-28(31)12-21)32-29-15-23-10-24(17-29)18-30(32)16-23/h21-32H,7-20H2,1-6H3. The summed E-state index contributed by atoms with van der Waals surface area (Å²) in [4.78, 5) is 0. The second-order valence-electron chi connectivity index (χ2n) is 17.6. The Morgan fingerprint density at radius 2 is 0.806 bits per heavy atom. The maximum Gasteiger partial charge on any atom is -0.0149 e. The molecule has 204 valence electrons. The van der Waals surface area contributed by atoms with Gasteiger partial charge in [-0.3, -0.25) is 0 Å². The molecule has 0 radical (unpaired) electrons. The highest BCUT2D eigenvalue weighted by molar-refractivity contribution is 7.61. The van der Waals surface area contributed by atoms with Gasteiger partial charge >= 0.3 is 0 Å². The molecule has 0 aromatic heterocycles. The van der Waals surface area contributed by atoms with E-state index in [2.05, 4.69) is 41.5 Å². The lowest BCUT2D eigenvalue weighted by Crippen LogP contribution is -2.53. The minimum absolute atomic E-state index is 0.0704. The topological polar surface area (TPSA) is 0 Å². The highest BCUT2D eigenvalue weighted by Gasteiger charge is 2.57. The van der Waals surface area contributed by atoms with E-state index in [9.17, 15) is 0 Å². The molecule has 2 atom stereocenters. The lowest BCUT2D eigenvalue weighted by Gasteiger charge is -2.63. The minimum Gasteiger partial charge on any atom is -0.0989 e. The van der Waals surface area contributed by atoms with Gasteiger partial charge in [-0.15, -0.1) is 0 Å². The van der Waals surface area contributed by atoms with Crippen molar-refractivity contribution >= 4 is 15.8 Å². The molecule has 0 aromatic carbocycles. The molecular weight excluding hydrogens is 470 g/mol. The van der Waals surface area contributed by atoms with Crippen molar-refractivity contribution in [1.82, 2.24) is 0 Å². The quantitative estimate of drug-likeness (QED) is 0.301. The lowest BCUT2D eigenvalue weighted by atomic mass is 9.55. The van der Waals surface area contributed by atoms with Gasteiger partial charge in [0.25, 0.3) is 0 Å². The van der Waals surface area contributed by atoms with Gasteiger partial charge in [0.15, 0.2) is 0 Å². The van der Waals surface area contributed by atoms with Crippen LogP contribution in [0.1, 0.15) is 119 Å². The van der Waals surface area contributed by atoms with E-state index in [1.54, 1.807) is 89.4 Å². The molecule has 9 aliphatic carbocycles. The Labute approximate surface area is 227 Å². The first-order valence-corrected chi connectivity index (χ1v) is 19.8. The molecule has 0 amide bonds. The first-order chi connectivity index (χ1) is 17.0. The van der Waals surface area contributed by atoms with Crippen LogP contribution in [0.3, 0.4) is 0 Å². The van der Waals surface area contributed by atoms with Crippen molar-refractivity contribution in [2.75, 3.05) is 12.3 Å². The van der Waals surface area contributed by atoms with E-state index in [-0.39, 0.29) is 15.8 Å². The SMILES string of the molecule is CC(C)(C)P(CC1CCC1CP(C1C2CC3CC(C2)CC1C3)C1C2CC3CC(C2)CC1C3)C(C)(C)C. The summed E-state index contributed by atoms with van der Waals surface area (Å²) in [5, 5.41) is 1.00. The molecule has 9 fully saturated rings. The van der Waals surface area contributed by atoms with Gasteiger partial charge in [-0.1, -0.05) is 57.4 Å². The Bertz CT molecular complexity index is 704. The third-order valence-electron chi connectivity index (χ3n) is 13.2. The van der Waals surface area contributed by atoms with E-state index in [1.165, 1.54) is 35.0 Å². The van der Waals surface area contributed by atoms with Crippen LogP contribution >= 0.6 is 15.8 Å². The lowest BCUT2D eigenvalue weighted by molar-refractivity contribution is 0.0124. The zero-order valence-corrected chi connectivity index (χ0v) is 26.5. The fourth-order valence-corrected chi connectivity index (χ4v) is 21.6. The van der Waals surface area contributed by atoms with Crippen LogP contribution in [-0.2, 0) is 0 Å². The van der Waals surface area contributed by atoms with Crippen LogP contribution in [0.2, 0.25) is 0 Å². The molecule has 0 aromatic rings. The van der Waals surface area contributed by atoms with Gasteiger partial charge in [-0.25, -0.2) is 0 Å². The van der Waals surface area contributed by atoms with E-state index >= 15 is 0 Å². The molecule has 0 spiro atoms. The van der Waals surface area contributed by atoms with Gasteiger partial charge in [0.05, 0.1) is 0 Å². The van der Waals surface area contributed by atoms with E-state index in [1.807, 2.05) is 0 Å². The van der Waals surface area contributed by atoms with Crippen molar-refractivity contribution in [2.45, 2.75) is 140 Å². The zero-order chi connectivity index (χ0) is 25.0. The van der Waals surface area contributed by atoms with Crippen molar-refractivity contribution < 1.29 is 0 Å². The average Bonchev–Trinajstić information content (AvgIpc) is 2.72. The summed E-state index contributed by atoms with van der Waals surface area (Å²) in [5.41, 5.74) is 2.42. The van der Waals surface area contributed by atoms with Gasteiger partial charge < -0.3 is 0 Å². The molecule has 9 saturated carbocycles. The van der Waals surface area contributed by atoms with Crippen LogP contribution in [-0.4, -0.2) is 34.0 Å². The molecule has 0 nitrogen and oxygen atoms in total. The molecule has 9 aliphatic rings. The van der Waals surface area contributed by atoms with Gasteiger partial charge in [-0.05, 0) is 170 Å². The summed E-state index contributed by atoms with van der Waals surface area (Å²) in [5.74, 6) is 11.5. The molecule has 9 rings (SSSR count). The Morgan fingerprint density at radius 3 is 1.11 bits per heavy atom. The van der Waals surface area contributed by atoms with Crippen LogP contribution < -0.4 is 0 Å². The molecule has 2 unspecified atom stereocenters. The van der Waals surface area contributed by atoms with Gasteiger partial charge in [-0.2, -0.15) is 0 Å². The van der Waals surface area contributed by atoms with E-state index in [0.717, 1.165) is 35.5 Å². The van der Waals surface area contributed by atoms with E-state index in [0.29, 0.717) is 10.3 Å². The molecule has 0 N–H and O–H groups in total. The largest absolute Gasteiger partial charge is 0.0989 e. The Kier molecular flexibility index (Phi) is 6.59. The Balaban J connectivity index is 1.14. The summed E-state index contributed by atoms with van der Waals surface area (Å²) in [7, 11) is 0.315. The number of hydrogen-bond donors (Lipinski definition) is 0. The van der Waals surface area contributed by atoms with Crippen molar-refractivity contribution in [3.8, 4) is 0 Å². The second kappa shape index (κ2) is 9.19. The van der Waals surface area contributed by atoms with Gasteiger partial charge in [0, 0.05) is 0 Å². The molecule has 0 heterocycles. The Hall–Kier alpha value is 0.860.